The van der Waals surface area contributed by atoms with Gasteiger partial charge in [-0.15, -0.1) is 11.3 Å². The minimum absolute atomic E-state index is 0.159. The van der Waals surface area contributed by atoms with E-state index in [-0.39, 0.29) is 11.3 Å². The molecule has 0 fully saturated rings. The van der Waals surface area contributed by atoms with Crippen molar-refractivity contribution in [2.24, 2.45) is 0 Å². The van der Waals surface area contributed by atoms with Crippen LogP contribution in [-0.4, -0.2) is 43.2 Å². The first kappa shape index (κ1) is 19.3. The number of methoxy groups -OCH3 is 3. The van der Waals surface area contributed by atoms with E-state index in [0.717, 1.165) is 5.56 Å². The predicted molar refractivity (Wildman–Crippen MR) is 104 cm³/mol. The first-order valence-electron chi connectivity index (χ1n) is 8.09. The van der Waals surface area contributed by atoms with Gasteiger partial charge < -0.3 is 14.2 Å². The van der Waals surface area contributed by atoms with Crippen LogP contribution in [0.15, 0.2) is 41.9 Å². The van der Waals surface area contributed by atoms with Gasteiger partial charge in [0, 0.05) is 23.2 Å². The minimum Gasteiger partial charge on any atom is -0.497 e. The van der Waals surface area contributed by atoms with Crippen LogP contribution >= 0.6 is 11.3 Å². The highest BCUT2D eigenvalue weighted by Gasteiger charge is 2.15. The fourth-order valence-electron chi connectivity index (χ4n) is 2.39. The van der Waals surface area contributed by atoms with Crippen LogP contribution in [0.5, 0.6) is 11.5 Å². The van der Waals surface area contributed by atoms with Crippen molar-refractivity contribution in [1.82, 2.24) is 9.97 Å². The molecule has 144 valence electrons. The molecule has 1 N–H and O–H groups in total. The highest BCUT2D eigenvalue weighted by molar-refractivity contribution is 7.14. The number of anilines is 1. The molecule has 0 aliphatic heterocycles. The lowest BCUT2D eigenvalue weighted by atomic mass is 10.1. The Morgan fingerprint density at radius 1 is 1.07 bits per heavy atom. The fourth-order valence-corrected chi connectivity index (χ4v) is 3.10. The lowest BCUT2D eigenvalue weighted by Gasteiger charge is -2.08. The van der Waals surface area contributed by atoms with E-state index in [1.54, 1.807) is 20.3 Å². The van der Waals surface area contributed by atoms with E-state index in [0.29, 0.717) is 22.3 Å². The van der Waals surface area contributed by atoms with Crippen molar-refractivity contribution < 1.29 is 23.8 Å². The Labute approximate surface area is 165 Å². The number of benzene rings is 1. The summed E-state index contributed by atoms with van der Waals surface area (Å²) in [4.78, 5) is 32.2. The molecule has 2 aromatic heterocycles. The molecule has 0 unspecified atom stereocenters. The number of ether oxygens (including phenoxy) is 3. The first-order valence-corrected chi connectivity index (χ1v) is 8.97. The zero-order chi connectivity index (χ0) is 20.1. The van der Waals surface area contributed by atoms with Crippen molar-refractivity contribution in [1.29, 1.82) is 0 Å². The van der Waals surface area contributed by atoms with E-state index in [2.05, 4.69) is 20.0 Å². The number of amides is 1. The fraction of sp³-hybridized carbons (Fsp3) is 0.158. The normalized spacial score (nSPS) is 10.2. The number of carbonyl (C=O) groups excluding carboxylic acids is 2. The van der Waals surface area contributed by atoms with Crippen LogP contribution in [0.4, 0.5) is 5.13 Å². The summed E-state index contributed by atoms with van der Waals surface area (Å²) in [7, 11) is 4.43. The van der Waals surface area contributed by atoms with Crippen LogP contribution in [0, 0.1) is 0 Å². The van der Waals surface area contributed by atoms with Crippen LogP contribution in [0.2, 0.25) is 0 Å². The van der Waals surface area contributed by atoms with E-state index in [1.165, 1.54) is 36.8 Å². The van der Waals surface area contributed by atoms with E-state index in [4.69, 9.17) is 9.47 Å². The molecular weight excluding hydrogens is 382 g/mol. The Balaban J connectivity index is 1.76. The van der Waals surface area contributed by atoms with Gasteiger partial charge in [-0.25, -0.2) is 9.78 Å². The molecule has 0 aliphatic carbocycles. The number of pyridine rings is 1. The van der Waals surface area contributed by atoms with Gasteiger partial charge in [0.2, 0.25) is 0 Å². The third kappa shape index (κ3) is 4.09. The number of nitrogens with one attached hydrogen (secondary N) is 1. The van der Waals surface area contributed by atoms with Crippen molar-refractivity contribution in [3.05, 3.63) is 53.2 Å². The average molecular weight is 399 g/mol. The number of thiazole rings is 1. The quantitative estimate of drug-likeness (QED) is 0.635. The maximum absolute atomic E-state index is 12.4. The number of hydrogen-bond acceptors (Lipinski definition) is 8. The number of carbonyl (C=O) groups is 2. The molecule has 3 rings (SSSR count). The summed E-state index contributed by atoms with van der Waals surface area (Å²) in [6.45, 7) is 0. The number of esters is 1. The smallest absolute Gasteiger partial charge is 0.339 e. The van der Waals surface area contributed by atoms with E-state index in [9.17, 15) is 9.59 Å². The van der Waals surface area contributed by atoms with Gasteiger partial charge in [0.05, 0.1) is 32.6 Å². The lowest BCUT2D eigenvalue weighted by Crippen LogP contribution is -2.14. The molecule has 8 nitrogen and oxygen atoms in total. The molecule has 0 spiro atoms. The van der Waals surface area contributed by atoms with Gasteiger partial charge in [0.15, 0.2) is 5.13 Å². The third-order valence-corrected chi connectivity index (χ3v) is 4.58. The van der Waals surface area contributed by atoms with Gasteiger partial charge in [0.25, 0.3) is 5.91 Å². The van der Waals surface area contributed by atoms with E-state index >= 15 is 0 Å². The second-order valence-corrected chi connectivity index (χ2v) is 6.34. The molecular formula is C19H17N3O5S. The van der Waals surface area contributed by atoms with Gasteiger partial charge >= 0.3 is 5.97 Å². The van der Waals surface area contributed by atoms with Crippen molar-refractivity contribution in [3.8, 4) is 22.8 Å². The molecule has 0 atom stereocenters. The van der Waals surface area contributed by atoms with Crippen molar-refractivity contribution >= 4 is 28.3 Å². The first-order chi connectivity index (χ1) is 13.5. The van der Waals surface area contributed by atoms with Gasteiger partial charge in [-0.3, -0.25) is 15.1 Å². The highest BCUT2D eigenvalue weighted by atomic mass is 32.1. The summed E-state index contributed by atoms with van der Waals surface area (Å²) < 4.78 is 15.2. The van der Waals surface area contributed by atoms with Gasteiger partial charge in [-0.2, -0.15) is 0 Å². The zero-order valence-corrected chi connectivity index (χ0v) is 16.2. The van der Waals surface area contributed by atoms with E-state index in [1.807, 2.05) is 17.5 Å². The van der Waals surface area contributed by atoms with Gasteiger partial charge in [-0.05, 0) is 24.3 Å². The molecule has 0 aliphatic rings. The summed E-state index contributed by atoms with van der Waals surface area (Å²) in [5.41, 5.74) is 1.86. The topological polar surface area (TPSA) is 99.6 Å². The Morgan fingerprint density at radius 2 is 1.89 bits per heavy atom. The Hall–Kier alpha value is -3.46. The number of hydrogen-bond donors (Lipinski definition) is 1. The van der Waals surface area contributed by atoms with E-state index < -0.39 is 11.9 Å². The number of nitrogens with zero attached hydrogens (tertiary/aromatic N) is 2. The molecule has 1 aromatic carbocycles. The Bertz CT molecular complexity index is 1000. The molecule has 28 heavy (non-hydrogen) atoms. The van der Waals surface area contributed by atoms with Crippen LogP contribution in [0.1, 0.15) is 20.8 Å². The third-order valence-electron chi connectivity index (χ3n) is 3.83. The zero-order valence-electron chi connectivity index (χ0n) is 15.4. The van der Waals surface area contributed by atoms with Crippen molar-refractivity contribution in [3.63, 3.8) is 0 Å². The van der Waals surface area contributed by atoms with Crippen LogP contribution < -0.4 is 14.8 Å². The summed E-state index contributed by atoms with van der Waals surface area (Å²) in [5, 5.41) is 4.92. The number of aromatic nitrogens is 2. The maximum Gasteiger partial charge on any atom is 0.339 e. The summed E-state index contributed by atoms with van der Waals surface area (Å²) >= 11 is 1.28. The molecule has 3 aromatic rings. The summed E-state index contributed by atoms with van der Waals surface area (Å²) in [6.07, 6.45) is 1.29. The predicted octanol–water partition coefficient (Wildman–Crippen LogP) is 3.26. The summed E-state index contributed by atoms with van der Waals surface area (Å²) in [5.74, 6) is 0.338. The van der Waals surface area contributed by atoms with Crippen LogP contribution in [-0.2, 0) is 4.74 Å². The SMILES string of the molecule is COC(=O)c1ccc(C(=O)Nc2nc(-c3ccc(OC)cc3OC)cs2)nc1. The average Bonchev–Trinajstić information content (AvgIpc) is 3.20. The van der Waals surface area contributed by atoms with Gasteiger partial charge in [-0.1, -0.05) is 0 Å². The second kappa shape index (κ2) is 8.49. The maximum atomic E-state index is 12.4. The van der Waals surface area contributed by atoms with Crippen molar-refractivity contribution in [2.75, 3.05) is 26.6 Å². The monoisotopic (exact) mass is 399 g/mol. The molecule has 2 heterocycles. The molecule has 1 amide bonds. The number of rotatable bonds is 6. The Kier molecular flexibility index (Phi) is 5.85. The largest absolute Gasteiger partial charge is 0.497 e. The second-order valence-electron chi connectivity index (χ2n) is 5.48. The lowest BCUT2D eigenvalue weighted by molar-refractivity contribution is 0.0600. The van der Waals surface area contributed by atoms with Crippen LogP contribution in [0.25, 0.3) is 11.3 Å². The highest BCUT2D eigenvalue weighted by Crippen LogP contribution is 2.34. The van der Waals surface area contributed by atoms with Gasteiger partial charge in [0.1, 0.15) is 17.2 Å². The summed E-state index contributed by atoms with van der Waals surface area (Å²) in [6, 6.07) is 8.33. The Morgan fingerprint density at radius 3 is 2.54 bits per heavy atom. The van der Waals surface area contributed by atoms with Crippen LogP contribution in [0.3, 0.4) is 0 Å². The molecule has 0 saturated carbocycles. The molecule has 0 saturated heterocycles. The molecule has 0 radical (unpaired) electrons. The minimum atomic E-state index is -0.516. The standard InChI is InChI=1S/C19H17N3O5S/c1-25-12-5-6-13(16(8-12)26-2)15-10-28-19(21-15)22-17(23)14-7-4-11(9-20-14)18(24)27-3/h4-10H,1-3H3,(H,21,22,23). The molecule has 9 heteroatoms. The van der Waals surface area contributed by atoms with Crippen molar-refractivity contribution in [2.45, 2.75) is 0 Å². The molecule has 0 bridgehead atoms.